The molecule has 218 valence electrons. The summed E-state index contributed by atoms with van der Waals surface area (Å²) in [5.74, 6) is 0. The predicted octanol–water partition coefficient (Wildman–Crippen LogP) is 10.8. The lowest BCUT2D eigenvalue weighted by Crippen LogP contribution is -1.98. The fourth-order valence-corrected chi connectivity index (χ4v) is 7.77. The molecule has 3 heterocycles. The lowest BCUT2D eigenvalue weighted by Gasteiger charge is -2.12. The van der Waals surface area contributed by atoms with Crippen LogP contribution in [0.5, 0.6) is 0 Å². The molecule has 0 aliphatic heterocycles. The molecular formula is C43H26N4. The summed E-state index contributed by atoms with van der Waals surface area (Å²) in [5.41, 5.74) is 10.4. The van der Waals surface area contributed by atoms with Crippen molar-refractivity contribution in [2.24, 2.45) is 0 Å². The lowest BCUT2D eigenvalue weighted by atomic mass is 10.1. The van der Waals surface area contributed by atoms with Gasteiger partial charge in [-0.2, -0.15) is 5.26 Å². The molecule has 0 radical (unpaired) electrons. The topological polar surface area (TPSA) is 38.6 Å². The molecule has 0 fully saturated rings. The van der Waals surface area contributed by atoms with Crippen LogP contribution in [0.3, 0.4) is 0 Å². The van der Waals surface area contributed by atoms with Crippen LogP contribution < -0.4 is 0 Å². The maximum absolute atomic E-state index is 10.7. The Labute approximate surface area is 270 Å². The van der Waals surface area contributed by atoms with Gasteiger partial charge in [-0.15, -0.1) is 0 Å². The van der Waals surface area contributed by atoms with Gasteiger partial charge in [0.05, 0.1) is 38.7 Å². The van der Waals surface area contributed by atoms with Gasteiger partial charge in [-0.1, -0.05) is 97.1 Å². The van der Waals surface area contributed by atoms with Crippen LogP contribution in [0, 0.1) is 11.3 Å². The first-order valence-corrected chi connectivity index (χ1v) is 15.9. The lowest BCUT2D eigenvalue weighted by molar-refractivity contribution is 1.16. The monoisotopic (exact) mass is 598 g/mol. The van der Waals surface area contributed by atoms with E-state index in [1.807, 2.05) is 18.2 Å². The zero-order valence-corrected chi connectivity index (χ0v) is 25.3. The summed E-state index contributed by atoms with van der Waals surface area (Å²) < 4.78 is 6.97. The third-order valence-electron chi connectivity index (χ3n) is 9.63. The van der Waals surface area contributed by atoms with Gasteiger partial charge in [0.2, 0.25) is 0 Å². The second-order valence-corrected chi connectivity index (χ2v) is 12.1. The zero-order chi connectivity index (χ0) is 31.1. The van der Waals surface area contributed by atoms with E-state index >= 15 is 0 Å². The van der Waals surface area contributed by atoms with Gasteiger partial charge in [-0.25, -0.2) is 0 Å². The van der Waals surface area contributed by atoms with Crippen LogP contribution in [-0.2, 0) is 0 Å². The first-order valence-electron chi connectivity index (χ1n) is 15.9. The van der Waals surface area contributed by atoms with Crippen molar-refractivity contribution in [3.05, 3.63) is 163 Å². The molecule has 0 aliphatic carbocycles. The van der Waals surface area contributed by atoms with Gasteiger partial charge < -0.3 is 13.7 Å². The smallest absolute Gasteiger partial charge is 0.101 e. The van der Waals surface area contributed by atoms with E-state index in [2.05, 4.69) is 159 Å². The molecule has 10 aromatic rings. The number of hydrogen-bond acceptors (Lipinski definition) is 1. The highest BCUT2D eigenvalue weighted by molar-refractivity contribution is 6.26. The zero-order valence-electron chi connectivity index (χ0n) is 25.3. The number of para-hydroxylation sites is 5. The number of fused-ring (bicyclic) bond motifs is 10. The number of aromatic nitrogens is 3. The van der Waals surface area contributed by atoms with Crippen molar-refractivity contribution >= 4 is 65.4 Å². The molecule has 47 heavy (non-hydrogen) atoms. The minimum Gasteiger partial charge on any atom is -0.309 e. The molecule has 7 aromatic carbocycles. The van der Waals surface area contributed by atoms with Gasteiger partial charge in [0, 0.05) is 49.4 Å². The highest BCUT2D eigenvalue weighted by atomic mass is 15.0. The molecule has 0 spiro atoms. The normalized spacial score (nSPS) is 11.8. The Morgan fingerprint density at radius 2 is 0.872 bits per heavy atom. The van der Waals surface area contributed by atoms with Crippen molar-refractivity contribution in [1.29, 1.82) is 5.26 Å². The maximum atomic E-state index is 10.7. The van der Waals surface area contributed by atoms with E-state index in [0.717, 1.165) is 49.9 Å². The molecule has 0 aliphatic rings. The van der Waals surface area contributed by atoms with E-state index in [4.69, 9.17) is 0 Å². The molecule has 0 saturated heterocycles. The van der Waals surface area contributed by atoms with Crippen molar-refractivity contribution in [2.75, 3.05) is 0 Å². The van der Waals surface area contributed by atoms with E-state index in [0.29, 0.717) is 5.56 Å². The predicted molar refractivity (Wildman–Crippen MR) is 194 cm³/mol. The average molecular weight is 599 g/mol. The van der Waals surface area contributed by atoms with E-state index in [1.165, 1.54) is 32.6 Å². The number of rotatable bonds is 3. The first-order chi connectivity index (χ1) is 23.3. The second-order valence-electron chi connectivity index (χ2n) is 12.1. The average Bonchev–Trinajstić information content (AvgIpc) is 3.78. The van der Waals surface area contributed by atoms with Crippen LogP contribution in [0.25, 0.3) is 82.5 Å². The molecule has 4 heteroatoms. The van der Waals surface area contributed by atoms with Crippen molar-refractivity contribution in [3.63, 3.8) is 0 Å². The third-order valence-corrected chi connectivity index (χ3v) is 9.63. The Hall–Kier alpha value is -6.57. The summed E-state index contributed by atoms with van der Waals surface area (Å²) in [5, 5.41) is 17.7. The third kappa shape index (κ3) is 3.51. The Kier molecular flexibility index (Phi) is 5.32. The molecule has 3 aromatic heterocycles. The molecule has 0 saturated carbocycles. The van der Waals surface area contributed by atoms with E-state index in [-0.39, 0.29) is 0 Å². The minimum atomic E-state index is 0.642. The Balaban J connectivity index is 1.37. The molecule has 0 unspecified atom stereocenters. The van der Waals surface area contributed by atoms with Crippen LogP contribution in [-0.4, -0.2) is 13.7 Å². The SMILES string of the molecule is N#Cc1cc(-n2c3ccccc3c3c2ccc2c4ccccc4n(-c4ccccc4)c23)cc2c3ccccc3n(-c3ccccc3)c12. The van der Waals surface area contributed by atoms with Crippen molar-refractivity contribution in [1.82, 2.24) is 13.7 Å². The fourth-order valence-electron chi connectivity index (χ4n) is 7.77. The van der Waals surface area contributed by atoms with Crippen LogP contribution in [0.1, 0.15) is 5.56 Å². The standard InChI is InChI=1S/C43H26N4/c44-27-28-25-31(26-36-33-18-8-11-21-38(33)46(42(28)36)29-13-3-1-4-14-29)45-39-22-12-9-19-35(39)41-40(45)24-23-34-32-17-7-10-20-37(32)47(43(34)41)30-15-5-2-6-16-30/h1-26H. The summed E-state index contributed by atoms with van der Waals surface area (Å²) in [7, 11) is 0. The Morgan fingerprint density at radius 3 is 1.49 bits per heavy atom. The summed E-state index contributed by atoms with van der Waals surface area (Å²) in [6.45, 7) is 0. The molecule has 4 nitrogen and oxygen atoms in total. The maximum Gasteiger partial charge on any atom is 0.101 e. The number of hydrogen-bond donors (Lipinski definition) is 0. The van der Waals surface area contributed by atoms with Crippen molar-refractivity contribution in [2.45, 2.75) is 0 Å². The summed E-state index contributed by atoms with van der Waals surface area (Å²) in [6, 6.07) is 58.1. The van der Waals surface area contributed by atoms with Crippen molar-refractivity contribution < 1.29 is 0 Å². The molecule has 0 N–H and O–H groups in total. The quantitative estimate of drug-likeness (QED) is 0.199. The first kappa shape index (κ1) is 25.7. The van der Waals surface area contributed by atoms with Crippen LogP contribution in [0.4, 0.5) is 0 Å². The molecule has 0 amide bonds. The van der Waals surface area contributed by atoms with Gasteiger partial charge in [-0.3, -0.25) is 0 Å². The largest absolute Gasteiger partial charge is 0.309 e. The van der Waals surface area contributed by atoms with E-state index in [1.54, 1.807) is 0 Å². The number of nitrogens with zero attached hydrogens (tertiary/aromatic N) is 4. The van der Waals surface area contributed by atoms with Crippen LogP contribution in [0.2, 0.25) is 0 Å². The summed E-state index contributed by atoms with van der Waals surface area (Å²) in [6.07, 6.45) is 0. The molecule has 0 atom stereocenters. The Morgan fingerprint density at radius 1 is 0.362 bits per heavy atom. The van der Waals surface area contributed by atoms with Gasteiger partial charge in [0.25, 0.3) is 0 Å². The fraction of sp³-hybridized carbons (Fsp3) is 0. The Bertz CT molecular complexity index is 2900. The van der Waals surface area contributed by atoms with Gasteiger partial charge in [0.15, 0.2) is 0 Å². The summed E-state index contributed by atoms with van der Waals surface area (Å²) >= 11 is 0. The van der Waals surface area contributed by atoms with Gasteiger partial charge >= 0.3 is 0 Å². The highest BCUT2D eigenvalue weighted by Crippen LogP contribution is 2.43. The minimum absolute atomic E-state index is 0.642. The van der Waals surface area contributed by atoms with E-state index < -0.39 is 0 Å². The van der Waals surface area contributed by atoms with Gasteiger partial charge in [-0.05, 0) is 60.7 Å². The molecule has 10 rings (SSSR count). The van der Waals surface area contributed by atoms with Crippen molar-refractivity contribution in [3.8, 4) is 23.1 Å². The van der Waals surface area contributed by atoms with E-state index in [9.17, 15) is 5.26 Å². The number of benzene rings is 7. The molecule has 0 bridgehead atoms. The second kappa shape index (κ2) is 9.71. The highest BCUT2D eigenvalue weighted by Gasteiger charge is 2.22. The van der Waals surface area contributed by atoms with Crippen LogP contribution >= 0.6 is 0 Å². The molecular weight excluding hydrogens is 573 g/mol. The van der Waals surface area contributed by atoms with Crippen LogP contribution in [0.15, 0.2) is 158 Å². The van der Waals surface area contributed by atoms with Gasteiger partial charge in [0.1, 0.15) is 6.07 Å². The summed E-state index contributed by atoms with van der Waals surface area (Å²) in [4.78, 5) is 0. The number of nitriles is 1.